The molecule has 0 aliphatic carbocycles. The molecule has 0 saturated carbocycles. The molecule has 0 aliphatic rings. The van der Waals surface area contributed by atoms with E-state index in [9.17, 15) is 0 Å². The first kappa shape index (κ1) is 17.8. The summed E-state index contributed by atoms with van der Waals surface area (Å²) in [7, 11) is 0. The molecule has 0 radical (unpaired) electrons. The summed E-state index contributed by atoms with van der Waals surface area (Å²) in [5.41, 5.74) is 1.90. The third-order valence-corrected chi connectivity index (χ3v) is 3.23. The van der Waals surface area contributed by atoms with E-state index >= 15 is 0 Å². The molecule has 2 aromatic rings. The Morgan fingerprint density at radius 1 is 0.667 bits per heavy atom. The van der Waals surface area contributed by atoms with Crippen molar-refractivity contribution in [3.8, 4) is 23.7 Å². The maximum absolute atomic E-state index is 5.77. The quantitative estimate of drug-likeness (QED) is 0.779. The monoisotopic (exact) mass is 318 g/mol. The molecule has 122 valence electrons. The molecule has 0 heterocycles. The zero-order valence-electron chi connectivity index (χ0n) is 14.2. The smallest absolute Gasteiger partial charge is 0.155 e. The highest BCUT2D eigenvalue weighted by Gasteiger charge is 2.18. The number of hydrogen-bond donors (Lipinski definition) is 0. The van der Waals surface area contributed by atoms with Crippen molar-refractivity contribution < 1.29 is 9.47 Å². The number of rotatable bonds is 5. The van der Waals surface area contributed by atoms with E-state index in [4.69, 9.17) is 9.47 Å². The first-order valence-corrected chi connectivity index (χ1v) is 8.20. The van der Waals surface area contributed by atoms with Gasteiger partial charge in [0.15, 0.2) is 12.2 Å². The fourth-order valence-corrected chi connectivity index (χ4v) is 2.12. The Labute approximate surface area is 144 Å². The van der Waals surface area contributed by atoms with Crippen molar-refractivity contribution in [2.45, 2.75) is 26.1 Å². The molecule has 2 heteroatoms. The van der Waals surface area contributed by atoms with Gasteiger partial charge in [0.1, 0.15) is 0 Å². The Balaban J connectivity index is 2.21. The molecular weight excluding hydrogens is 296 g/mol. The van der Waals surface area contributed by atoms with Crippen LogP contribution in [-0.4, -0.2) is 25.4 Å². The van der Waals surface area contributed by atoms with Gasteiger partial charge in [0.05, 0.1) is 0 Å². The second kappa shape index (κ2) is 10.3. The van der Waals surface area contributed by atoms with Crippen molar-refractivity contribution in [3.63, 3.8) is 0 Å². The highest BCUT2D eigenvalue weighted by molar-refractivity contribution is 5.38. The Morgan fingerprint density at radius 3 is 1.38 bits per heavy atom. The minimum atomic E-state index is -0.383. The van der Waals surface area contributed by atoms with E-state index < -0.39 is 0 Å². The van der Waals surface area contributed by atoms with Gasteiger partial charge in [-0.3, -0.25) is 0 Å². The maximum Gasteiger partial charge on any atom is 0.155 e. The summed E-state index contributed by atoms with van der Waals surface area (Å²) in [6, 6.07) is 19.7. The largest absolute Gasteiger partial charge is 0.362 e. The minimum absolute atomic E-state index is 0.383. The Hall–Kier alpha value is -2.52. The van der Waals surface area contributed by atoms with Gasteiger partial charge in [0.25, 0.3) is 0 Å². The van der Waals surface area contributed by atoms with E-state index in [0.29, 0.717) is 13.2 Å². The van der Waals surface area contributed by atoms with Crippen molar-refractivity contribution in [1.29, 1.82) is 0 Å². The van der Waals surface area contributed by atoms with Crippen LogP contribution in [0.4, 0.5) is 0 Å². The van der Waals surface area contributed by atoms with Crippen molar-refractivity contribution in [2.24, 2.45) is 0 Å². The van der Waals surface area contributed by atoms with Gasteiger partial charge in [-0.1, -0.05) is 60.1 Å². The molecule has 0 spiro atoms. The first-order valence-electron chi connectivity index (χ1n) is 8.20. The first-order chi connectivity index (χ1) is 11.8. The SMILES string of the molecule is CCO[C@H](C#Cc1ccccc1)[C@@H](C#Cc1ccccc1)OCC. The van der Waals surface area contributed by atoms with E-state index in [1.807, 2.05) is 74.5 Å². The van der Waals surface area contributed by atoms with Crippen LogP contribution in [0.15, 0.2) is 60.7 Å². The molecule has 0 unspecified atom stereocenters. The zero-order valence-corrected chi connectivity index (χ0v) is 14.2. The molecule has 24 heavy (non-hydrogen) atoms. The summed E-state index contributed by atoms with van der Waals surface area (Å²) in [4.78, 5) is 0. The van der Waals surface area contributed by atoms with Crippen LogP contribution in [0, 0.1) is 23.7 Å². The van der Waals surface area contributed by atoms with Gasteiger partial charge in [0.2, 0.25) is 0 Å². The van der Waals surface area contributed by atoms with E-state index in [-0.39, 0.29) is 12.2 Å². The molecule has 2 atom stereocenters. The summed E-state index contributed by atoms with van der Waals surface area (Å²) in [6.07, 6.45) is -0.766. The summed E-state index contributed by atoms with van der Waals surface area (Å²) >= 11 is 0. The standard InChI is InChI=1S/C22H22O2/c1-3-23-21(17-15-19-11-7-5-8-12-19)22(24-4-2)18-16-20-13-9-6-10-14-20/h5-14,21-22H,3-4H2,1-2H3/t21-,22-/m1/s1. The van der Waals surface area contributed by atoms with E-state index in [1.165, 1.54) is 0 Å². The zero-order chi connectivity index (χ0) is 17.0. The molecule has 0 saturated heterocycles. The molecule has 0 N–H and O–H groups in total. The van der Waals surface area contributed by atoms with Crippen LogP contribution >= 0.6 is 0 Å². The van der Waals surface area contributed by atoms with Crippen LogP contribution in [0.1, 0.15) is 25.0 Å². The van der Waals surface area contributed by atoms with E-state index in [0.717, 1.165) is 11.1 Å². The van der Waals surface area contributed by atoms with E-state index in [2.05, 4.69) is 23.7 Å². The van der Waals surface area contributed by atoms with Gasteiger partial charge < -0.3 is 9.47 Å². The van der Waals surface area contributed by atoms with Crippen LogP contribution < -0.4 is 0 Å². The third kappa shape index (κ3) is 5.94. The van der Waals surface area contributed by atoms with Crippen LogP contribution in [0.2, 0.25) is 0 Å². The van der Waals surface area contributed by atoms with Crippen molar-refractivity contribution in [3.05, 3.63) is 71.8 Å². The number of benzene rings is 2. The lowest BCUT2D eigenvalue weighted by molar-refractivity contribution is -0.0118. The lowest BCUT2D eigenvalue weighted by atomic mass is 10.1. The second-order valence-corrected chi connectivity index (χ2v) is 5.02. The normalized spacial score (nSPS) is 12.2. The predicted octanol–water partition coefficient (Wildman–Crippen LogP) is 3.90. The van der Waals surface area contributed by atoms with Gasteiger partial charge in [-0.05, 0) is 38.1 Å². The third-order valence-electron chi connectivity index (χ3n) is 3.23. The van der Waals surface area contributed by atoms with Crippen molar-refractivity contribution in [2.75, 3.05) is 13.2 Å². The Morgan fingerprint density at radius 2 is 1.04 bits per heavy atom. The summed E-state index contributed by atoms with van der Waals surface area (Å²) in [6.45, 7) is 5.02. The van der Waals surface area contributed by atoms with E-state index in [1.54, 1.807) is 0 Å². The van der Waals surface area contributed by atoms with Crippen LogP contribution in [0.5, 0.6) is 0 Å². The van der Waals surface area contributed by atoms with Crippen LogP contribution in [0.3, 0.4) is 0 Å². The molecule has 0 aliphatic heterocycles. The average molecular weight is 318 g/mol. The average Bonchev–Trinajstić information content (AvgIpc) is 2.64. The molecular formula is C22H22O2. The lowest BCUT2D eigenvalue weighted by Gasteiger charge is -2.18. The summed E-state index contributed by atoms with van der Waals surface area (Å²) in [5.74, 6) is 12.6. The Kier molecular flexibility index (Phi) is 7.64. The number of hydrogen-bond acceptors (Lipinski definition) is 2. The van der Waals surface area contributed by atoms with Gasteiger partial charge >= 0.3 is 0 Å². The summed E-state index contributed by atoms with van der Waals surface area (Å²) < 4.78 is 11.5. The molecule has 0 bridgehead atoms. The Bertz CT molecular complexity index is 649. The fraction of sp³-hybridized carbons (Fsp3) is 0.273. The molecule has 2 nitrogen and oxygen atoms in total. The molecule has 0 amide bonds. The van der Waals surface area contributed by atoms with Gasteiger partial charge in [0, 0.05) is 24.3 Å². The predicted molar refractivity (Wildman–Crippen MR) is 97.5 cm³/mol. The molecule has 2 rings (SSSR count). The second-order valence-electron chi connectivity index (χ2n) is 5.02. The molecule has 0 aromatic heterocycles. The van der Waals surface area contributed by atoms with Crippen LogP contribution in [0.25, 0.3) is 0 Å². The van der Waals surface area contributed by atoms with Crippen molar-refractivity contribution in [1.82, 2.24) is 0 Å². The van der Waals surface area contributed by atoms with Gasteiger partial charge in [-0.2, -0.15) is 0 Å². The van der Waals surface area contributed by atoms with Gasteiger partial charge in [-0.25, -0.2) is 0 Å². The molecule has 2 aromatic carbocycles. The topological polar surface area (TPSA) is 18.5 Å². The molecule has 0 fully saturated rings. The lowest BCUT2D eigenvalue weighted by Crippen LogP contribution is -2.29. The van der Waals surface area contributed by atoms with Crippen LogP contribution in [-0.2, 0) is 9.47 Å². The fourth-order valence-electron chi connectivity index (χ4n) is 2.12. The highest BCUT2D eigenvalue weighted by atomic mass is 16.5. The number of ether oxygens (including phenoxy) is 2. The van der Waals surface area contributed by atoms with Gasteiger partial charge in [-0.15, -0.1) is 0 Å². The highest BCUT2D eigenvalue weighted by Crippen LogP contribution is 2.06. The maximum atomic E-state index is 5.77. The summed E-state index contributed by atoms with van der Waals surface area (Å²) in [5, 5.41) is 0. The van der Waals surface area contributed by atoms with Crippen molar-refractivity contribution >= 4 is 0 Å². The minimum Gasteiger partial charge on any atom is -0.362 e.